The molecule has 0 fully saturated rings. The van der Waals surface area contributed by atoms with Gasteiger partial charge in [0.25, 0.3) is 5.91 Å². The van der Waals surface area contributed by atoms with Crippen LogP contribution in [0.3, 0.4) is 0 Å². The van der Waals surface area contributed by atoms with Crippen LogP contribution in [0.5, 0.6) is 5.75 Å². The summed E-state index contributed by atoms with van der Waals surface area (Å²) in [6.45, 7) is 0.740. The van der Waals surface area contributed by atoms with Crippen LogP contribution in [0.2, 0.25) is 0 Å². The van der Waals surface area contributed by atoms with E-state index >= 15 is 0 Å². The predicted octanol–water partition coefficient (Wildman–Crippen LogP) is 3.01. The third kappa shape index (κ3) is 4.91. The zero-order chi connectivity index (χ0) is 18.2. The van der Waals surface area contributed by atoms with E-state index in [4.69, 9.17) is 4.74 Å². The summed E-state index contributed by atoms with van der Waals surface area (Å²) in [6.07, 6.45) is 0.561. The Morgan fingerprint density at radius 2 is 1.73 bits per heavy atom. The number of amides is 1. The van der Waals surface area contributed by atoms with Gasteiger partial charge in [-0.1, -0.05) is 48.5 Å². The Morgan fingerprint density at radius 1 is 1.00 bits per heavy atom. The van der Waals surface area contributed by atoms with E-state index in [-0.39, 0.29) is 0 Å². The molecule has 0 spiro atoms. The zero-order valence-corrected chi connectivity index (χ0v) is 14.2. The SMILES string of the molecule is O=C(NCc1ccc(OCc2ccccn2)cc1)C(O)c1ccccc1. The summed E-state index contributed by atoms with van der Waals surface area (Å²) in [5.41, 5.74) is 2.35. The number of benzene rings is 2. The average molecular weight is 348 g/mol. The first-order chi connectivity index (χ1) is 12.7. The Labute approximate surface area is 152 Å². The zero-order valence-electron chi connectivity index (χ0n) is 14.2. The molecule has 3 aromatic rings. The summed E-state index contributed by atoms with van der Waals surface area (Å²) in [5, 5.41) is 12.8. The second-order valence-corrected chi connectivity index (χ2v) is 5.78. The monoisotopic (exact) mass is 348 g/mol. The van der Waals surface area contributed by atoms with Crippen molar-refractivity contribution in [1.29, 1.82) is 0 Å². The van der Waals surface area contributed by atoms with Gasteiger partial charge in [0.1, 0.15) is 12.4 Å². The Hall–Kier alpha value is -3.18. The van der Waals surface area contributed by atoms with Crippen LogP contribution in [0.25, 0.3) is 0 Å². The molecule has 0 bridgehead atoms. The summed E-state index contributed by atoms with van der Waals surface area (Å²) < 4.78 is 5.68. The number of nitrogens with one attached hydrogen (secondary N) is 1. The third-order valence-corrected chi connectivity index (χ3v) is 3.87. The number of hydrogen-bond donors (Lipinski definition) is 2. The summed E-state index contributed by atoms with van der Waals surface area (Å²) in [7, 11) is 0. The van der Waals surface area contributed by atoms with Crippen LogP contribution in [0, 0.1) is 0 Å². The lowest BCUT2D eigenvalue weighted by molar-refractivity contribution is -0.129. The van der Waals surface area contributed by atoms with E-state index in [9.17, 15) is 9.90 Å². The fourth-order valence-corrected chi connectivity index (χ4v) is 2.42. The summed E-state index contributed by atoms with van der Waals surface area (Å²) in [4.78, 5) is 16.3. The van der Waals surface area contributed by atoms with Crippen LogP contribution in [-0.4, -0.2) is 16.0 Å². The van der Waals surface area contributed by atoms with Crippen LogP contribution in [-0.2, 0) is 17.9 Å². The normalized spacial score (nSPS) is 11.6. The average Bonchev–Trinajstić information content (AvgIpc) is 2.72. The quantitative estimate of drug-likeness (QED) is 0.688. The number of carbonyl (C=O) groups is 1. The first-order valence-corrected chi connectivity index (χ1v) is 8.35. The maximum atomic E-state index is 12.1. The van der Waals surface area contributed by atoms with Gasteiger partial charge in [-0.15, -0.1) is 0 Å². The van der Waals surface area contributed by atoms with Crippen molar-refractivity contribution in [3.8, 4) is 5.75 Å². The van der Waals surface area contributed by atoms with Crippen LogP contribution in [0.4, 0.5) is 0 Å². The van der Waals surface area contributed by atoms with Gasteiger partial charge in [0, 0.05) is 12.7 Å². The van der Waals surface area contributed by atoms with E-state index in [0.29, 0.717) is 18.7 Å². The molecule has 1 amide bonds. The van der Waals surface area contributed by atoms with Crippen LogP contribution in [0.15, 0.2) is 79.0 Å². The summed E-state index contributed by atoms with van der Waals surface area (Å²) in [6, 6.07) is 22.0. The van der Waals surface area contributed by atoms with Crippen molar-refractivity contribution in [3.05, 3.63) is 95.8 Å². The van der Waals surface area contributed by atoms with Crippen molar-refractivity contribution < 1.29 is 14.6 Å². The molecule has 1 atom stereocenters. The summed E-state index contributed by atoms with van der Waals surface area (Å²) >= 11 is 0. The maximum absolute atomic E-state index is 12.1. The number of pyridine rings is 1. The Bertz CT molecular complexity index is 821. The van der Waals surface area contributed by atoms with E-state index < -0.39 is 12.0 Å². The van der Waals surface area contributed by atoms with Crippen LogP contribution >= 0.6 is 0 Å². The highest BCUT2D eigenvalue weighted by Crippen LogP contribution is 2.15. The second-order valence-electron chi connectivity index (χ2n) is 5.78. The van der Waals surface area contributed by atoms with Crippen molar-refractivity contribution in [2.45, 2.75) is 19.3 Å². The number of carbonyl (C=O) groups excluding carboxylic acids is 1. The molecule has 0 aliphatic carbocycles. The number of nitrogens with zero attached hydrogens (tertiary/aromatic N) is 1. The fraction of sp³-hybridized carbons (Fsp3) is 0.143. The van der Waals surface area contributed by atoms with Gasteiger partial charge in [0.05, 0.1) is 5.69 Å². The highest BCUT2D eigenvalue weighted by Gasteiger charge is 2.16. The number of aliphatic hydroxyl groups excluding tert-OH is 1. The Kier molecular flexibility index (Phi) is 5.96. The van der Waals surface area contributed by atoms with Crippen LogP contribution in [0.1, 0.15) is 22.9 Å². The molecule has 5 nitrogen and oxygen atoms in total. The lowest BCUT2D eigenvalue weighted by atomic mass is 10.1. The topological polar surface area (TPSA) is 71.5 Å². The van der Waals surface area contributed by atoms with Gasteiger partial charge in [-0.25, -0.2) is 0 Å². The second kappa shape index (κ2) is 8.78. The highest BCUT2D eigenvalue weighted by molar-refractivity contribution is 5.81. The molecular weight excluding hydrogens is 328 g/mol. The molecule has 0 aliphatic heterocycles. The van der Waals surface area contributed by atoms with Crippen molar-refractivity contribution in [1.82, 2.24) is 10.3 Å². The van der Waals surface area contributed by atoms with Crippen molar-refractivity contribution in [2.75, 3.05) is 0 Å². The minimum Gasteiger partial charge on any atom is -0.487 e. The van der Waals surface area contributed by atoms with Crippen molar-refractivity contribution in [3.63, 3.8) is 0 Å². The van der Waals surface area contributed by atoms with E-state index in [0.717, 1.165) is 17.0 Å². The number of hydrogen-bond acceptors (Lipinski definition) is 4. The van der Waals surface area contributed by atoms with Crippen molar-refractivity contribution in [2.24, 2.45) is 0 Å². The fourth-order valence-electron chi connectivity index (χ4n) is 2.42. The number of aromatic nitrogens is 1. The van der Waals surface area contributed by atoms with E-state index in [1.165, 1.54) is 0 Å². The lowest BCUT2D eigenvalue weighted by Gasteiger charge is -2.12. The Balaban J connectivity index is 1.49. The molecule has 1 heterocycles. The van der Waals surface area contributed by atoms with Gasteiger partial charge < -0.3 is 15.2 Å². The molecule has 1 aromatic heterocycles. The lowest BCUT2D eigenvalue weighted by Crippen LogP contribution is -2.28. The first kappa shape index (κ1) is 17.6. The molecular formula is C21H20N2O3. The molecule has 26 heavy (non-hydrogen) atoms. The highest BCUT2D eigenvalue weighted by atomic mass is 16.5. The minimum absolute atomic E-state index is 0.337. The van der Waals surface area contributed by atoms with Gasteiger partial charge in [-0.05, 0) is 35.4 Å². The molecule has 0 aliphatic rings. The van der Waals surface area contributed by atoms with E-state index in [2.05, 4.69) is 10.3 Å². The molecule has 2 aromatic carbocycles. The molecule has 0 saturated carbocycles. The van der Waals surface area contributed by atoms with Gasteiger partial charge in [-0.2, -0.15) is 0 Å². The van der Waals surface area contributed by atoms with Gasteiger partial charge in [0.15, 0.2) is 6.10 Å². The molecule has 0 saturated heterocycles. The van der Waals surface area contributed by atoms with Crippen LogP contribution < -0.4 is 10.1 Å². The molecule has 5 heteroatoms. The molecule has 2 N–H and O–H groups in total. The third-order valence-electron chi connectivity index (χ3n) is 3.87. The van der Waals surface area contributed by atoms with Crippen molar-refractivity contribution >= 4 is 5.91 Å². The van der Waals surface area contributed by atoms with E-state index in [1.807, 2.05) is 48.5 Å². The molecule has 1 unspecified atom stereocenters. The summed E-state index contributed by atoms with van der Waals surface area (Å²) in [5.74, 6) is 0.307. The van der Waals surface area contributed by atoms with E-state index in [1.54, 1.807) is 30.5 Å². The largest absolute Gasteiger partial charge is 0.487 e. The first-order valence-electron chi connectivity index (χ1n) is 8.35. The predicted molar refractivity (Wildman–Crippen MR) is 98.3 cm³/mol. The minimum atomic E-state index is -1.17. The smallest absolute Gasteiger partial charge is 0.253 e. The Morgan fingerprint density at radius 3 is 2.42 bits per heavy atom. The van der Waals surface area contributed by atoms with Gasteiger partial charge >= 0.3 is 0 Å². The number of aliphatic hydroxyl groups is 1. The number of ether oxygens (including phenoxy) is 1. The molecule has 0 radical (unpaired) electrons. The molecule has 132 valence electrons. The number of rotatable bonds is 7. The van der Waals surface area contributed by atoms with Gasteiger partial charge in [0.2, 0.25) is 0 Å². The van der Waals surface area contributed by atoms with Gasteiger partial charge in [-0.3, -0.25) is 9.78 Å². The maximum Gasteiger partial charge on any atom is 0.253 e. The molecule has 3 rings (SSSR count). The standard InChI is InChI=1S/C21H20N2O3/c24-20(17-6-2-1-3-7-17)21(25)23-14-16-9-11-19(12-10-16)26-15-18-8-4-5-13-22-18/h1-13,20,24H,14-15H2,(H,23,25).